The molecular formula is C20H19FN2O4. The Kier molecular flexibility index (Phi) is 5.40. The van der Waals surface area contributed by atoms with Gasteiger partial charge in [-0.25, -0.2) is 4.39 Å². The Hall–Kier alpha value is -3.35. The van der Waals surface area contributed by atoms with Gasteiger partial charge in [0.15, 0.2) is 17.3 Å². The molecule has 0 radical (unpaired) electrons. The SMILES string of the molecule is COc1ccc(C)cc1NC(=O)c1noc(C)c1COc1ccccc1F. The van der Waals surface area contributed by atoms with Gasteiger partial charge in [-0.2, -0.15) is 0 Å². The Bertz CT molecular complexity index is 968. The number of nitrogens with one attached hydrogen (secondary N) is 1. The third kappa shape index (κ3) is 4.08. The highest BCUT2D eigenvalue weighted by Gasteiger charge is 2.22. The van der Waals surface area contributed by atoms with Crippen LogP contribution in [0, 0.1) is 19.7 Å². The number of carbonyl (C=O) groups is 1. The minimum absolute atomic E-state index is 0.0516. The number of halogens is 1. The molecule has 0 aliphatic carbocycles. The van der Waals surface area contributed by atoms with Crippen molar-refractivity contribution < 1.29 is 23.2 Å². The number of aryl methyl sites for hydroxylation is 2. The maximum absolute atomic E-state index is 13.7. The van der Waals surface area contributed by atoms with E-state index in [0.717, 1.165) is 5.56 Å². The minimum atomic E-state index is -0.484. The molecule has 0 aliphatic rings. The number of hydrogen-bond acceptors (Lipinski definition) is 5. The van der Waals surface area contributed by atoms with Crippen molar-refractivity contribution in [2.24, 2.45) is 0 Å². The van der Waals surface area contributed by atoms with Crippen LogP contribution < -0.4 is 14.8 Å². The average molecular weight is 370 g/mol. The topological polar surface area (TPSA) is 73.6 Å². The molecule has 7 heteroatoms. The zero-order valence-corrected chi connectivity index (χ0v) is 15.2. The van der Waals surface area contributed by atoms with Gasteiger partial charge in [-0.15, -0.1) is 0 Å². The number of carbonyl (C=O) groups excluding carboxylic acids is 1. The summed E-state index contributed by atoms with van der Waals surface area (Å²) in [4.78, 5) is 12.7. The monoisotopic (exact) mass is 370 g/mol. The lowest BCUT2D eigenvalue weighted by molar-refractivity contribution is 0.101. The highest BCUT2D eigenvalue weighted by atomic mass is 19.1. The highest BCUT2D eigenvalue weighted by molar-refractivity contribution is 6.04. The molecule has 6 nitrogen and oxygen atoms in total. The Morgan fingerprint density at radius 3 is 2.70 bits per heavy atom. The summed E-state index contributed by atoms with van der Waals surface area (Å²) in [7, 11) is 1.52. The number of nitrogens with zero attached hydrogens (tertiary/aromatic N) is 1. The fourth-order valence-electron chi connectivity index (χ4n) is 2.55. The van der Waals surface area contributed by atoms with Gasteiger partial charge in [0.25, 0.3) is 5.91 Å². The predicted molar refractivity (Wildman–Crippen MR) is 97.7 cm³/mol. The van der Waals surface area contributed by atoms with E-state index in [1.807, 2.05) is 13.0 Å². The molecule has 27 heavy (non-hydrogen) atoms. The van der Waals surface area contributed by atoms with Crippen LogP contribution in [0.5, 0.6) is 11.5 Å². The van der Waals surface area contributed by atoms with Crippen LogP contribution in [0.15, 0.2) is 47.0 Å². The van der Waals surface area contributed by atoms with Crippen molar-refractivity contribution in [3.05, 3.63) is 70.9 Å². The molecule has 140 valence electrons. The number of amides is 1. The zero-order valence-electron chi connectivity index (χ0n) is 15.2. The molecule has 1 heterocycles. The molecule has 0 spiro atoms. The van der Waals surface area contributed by atoms with Gasteiger partial charge in [0, 0.05) is 0 Å². The maximum atomic E-state index is 13.7. The molecule has 0 bridgehead atoms. The Labute approximate surface area is 155 Å². The number of aromatic nitrogens is 1. The van der Waals surface area contributed by atoms with Gasteiger partial charge in [0.2, 0.25) is 0 Å². The summed E-state index contributed by atoms with van der Waals surface area (Å²) in [6, 6.07) is 11.5. The van der Waals surface area contributed by atoms with Crippen molar-refractivity contribution >= 4 is 11.6 Å². The first-order chi connectivity index (χ1) is 13.0. The molecule has 1 amide bonds. The van der Waals surface area contributed by atoms with Crippen LogP contribution in [0.3, 0.4) is 0 Å². The largest absolute Gasteiger partial charge is 0.495 e. The molecular weight excluding hydrogens is 351 g/mol. The van der Waals surface area contributed by atoms with Crippen LogP contribution in [-0.2, 0) is 6.61 Å². The van der Waals surface area contributed by atoms with E-state index in [4.69, 9.17) is 14.0 Å². The predicted octanol–water partition coefficient (Wildman–Crippen LogP) is 4.27. The minimum Gasteiger partial charge on any atom is -0.495 e. The summed E-state index contributed by atoms with van der Waals surface area (Å²) in [6.07, 6.45) is 0. The zero-order chi connectivity index (χ0) is 19.4. The standard InChI is InChI=1S/C20H19FN2O4/c1-12-8-9-18(25-3)16(10-12)22-20(24)19-14(13(2)27-23-19)11-26-17-7-5-4-6-15(17)21/h4-10H,11H2,1-3H3,(H,22,24). The van der Waals surface area contributed by atoms with Gasteiger partial charge >= 0.3 is 0 Å². The van der Waals surface area contributed by atoms with Gasteiger partial charge in [-0.05, 0) is 43.7 Å². The Morgan fingerprint density at radius 2 is 1.96 bits per heavy atom. The number of methoxy groups -OCH3 is 1. The lowest BCUT2D eigenvalue weighted by Crippen LogP contribution is -2.16. The third-order valence-corrected chi connectivity index (χ3v) is 4.01. The molecule has 3 rings (SSSR count). The number of rotatable bonds is 6. The first-order valence-electron chi connectivity index (χ1n) is 8.28. The van der Waals surface area contributed by atoms with Crippen molar-refractivity contribution in [1.29, 1.82) is 0 Å². The number of ether oxygens (including phenoxy) is 2. The summed E-state index contributed by atoms with van der Waals surface area (Å²) in [5.74, 6) is 0.0841. The summed E-state index contributed by atoms with van der Waals surface area (Å²) in [5.41, 5.74) is 2.00. The molecule has 0 saturated carbocycles. The number of para-hydroxylation sites is 1. The molecule has 0 saturated heterocycles. The van der Waals surface area contributed by atoms with Crippen LogP contribution in [0.25, 0.3) is 0 Å². The second-order valence-corrected chi connectivity index (χ2v) is 5.94. The van der Waals surface area contributed by atoms with E-state index in [1.54, 1.807) is 31.2 Å². The van der Waals surface area contributed by atoms with Gasteiger partial charge in [-0.3, -0.25) is 4.79 Å². The smallest absolute Gasteiger partial charge is 0.278 e. The van der Waals surface area contributed by atoms with E-state index in [9.17, 15) is 9.18 Å². The van der Waals surface area contributed by atoms with E-state index >= 15 is 0 Å². The molecule has 2 aromatic carbocycles. The number of anilines is 1. The maximum Gasteiger partial charge on any atom is 0.278 e. The van der Waals surface area contributed by atoms with E-state index in [2.05, 4.69) is 10.5 Å². The molecule has 0 aliphatic heterocycles. The summed E-state index contributed by atoms with van der Waals surface area (Å²) in [6.45, 7) is 3.52. The second kappa shape index (κ2) is 7.90. The summed E-state index contributed by atoms with van der Waals surface area (Å²) < 4.78 is 29.6. The van der Waals surface area contributed by atoms with Crippen molar-refractivity contribution in [3.8, 4) is 11.5 Å². The molecule has 1 N–H and O–H groups in total. The molecule has 0 fully saturated rings. The van der Waals surface area contributed by atoms with Crippen molar-refractivity contribution in [2.45, 2.75) is 20.5 Å². The van der Waals surface area contributed by atoms with E-state index in [1.165, 1.54) is 19.2 Å². The third-order valence-electron chi connectivity index (χ3n) is 4.01. The lowest BCUT2D eigenvalue weighted by atomic mass is 10.1. The second-order valence-electron chi connectivity index (χ2n) is 5.94. The summed E-state index contributed by atoms with van der Waals surface area (Å²) >= 11 is 0. The number of hydrogen-bond donors (Lipinski definition) is 1. The van der Waals surface area contributed by atoms with Crippen LogP contribution in [0.2, 0.25) is 0 Å². The van der Waals surface area contributed by atoms with Gasteiger partial charge in [0.1, 0.15) is 18.1 Å². The highest BCUT2D eigenvalue weighted by Crippen LogP contribution is 2.27. The normalized spacial score (nSPS) is 10.5. The number of benzene rings is 2. The van der Waals surface area contributed by atoms with Crippen molar-refractivity contribution in [2.75, 3.05) is 12.4 Å². The summed E-state index contributed by atoms with van der Waals surface area (Å²) in [5, 5.41) is 6.59. The van der Waals surface area contributed by atoms with E-state index in [-0.39, 0.29) is 18.1 Å². The molecule has 0 unspecified atom stereocenters. The van der Waals surface area contributed by atoms with Gasteiger partial charge in [-0.1, -0.05) is 23.4 Å². The fourth-order valence-corrected chi connectivity index (χ4v) is 2.55. The van der Waals surface area contributed by atoms with Crippen molar-refractivity contribution in [3.63, 3.8) is 0 Å². The Morgan fingerprint density at radius 1 is 1.19 bits per heavy atom. The fraction of sp³-hybridized carbons (Fsp3) is 0.200. The van der Waals surface area contributed by atoms with Gasteiger partial charge in [0.05, 0.1) is 18.4 Å². The molecule has 1 aromatic heterocycles. The molecule has 3 aromatic rings. The van der Waals surface area contributed by atoms with Crippen molar-refractivity contribution in [1.82, 2.24) is 5.16 Å². The molecule has 0 atom stereocenters. The van der Waals surface area contributed by atoms with Gasteiger partial charge < -0.3 is 19.3 Å². The van der Waals surface area contributed by atoms with Crippen LogP contribution in [0.4, 0.5) is 10.1 Å². The first kappa shape index (κ1) is 18.4. The Balaban J connectivity index is 1.80. The average Bonchev–Trinajstić information content (AvgIpc) is 3.02. The van der Waals surface area contributed by atoms with Crippen LogP contribution in [-0.4, -0.2) is 18.2 Å². The van der Waals surface area contributed by atoms with E-state index in [0.29, 0.717) is 22.8 Å². The van der Waals surface area contributed by atoms with Crippen LogP contribution in [0.1, 0.15) is 27.4 Å². The van der Waals surface area contributed by atoms with E-state index < -0.39 is 11.7 Å². The quantitative estimate of drug-likeness (QED) is 0.701. The lowest BCUT2D eigenvalue weighted by Gasteiger charge is -2.11. The van der Waals surface area contributed by atoms with Crippen LogP contribution >= 0.6 is 0 Å². The first-order valence-corrected chi connectivity index (χ1v) is 8.28.